The van der Waals surface area contributed by atoms with Crippen LogP contribution in [0, 0.1) is 0 Å². The molecule has 0 aromatic heterocycles. The summed E-state index contributed by atoms with van der Waals surface area (Å²) >= 11 is 0. The molecule has 12 heavy (non-hydrogen) atoms. The molecular formula is C9H11BO2. The van der Waals surface area contributed by atoms with Crippen LogP contribution in [0.1, 0.15) is 10.4 Å². The number of benzene rings is 1. The molecule has 0 saturated carbocycles. The minimum absolute atomic E-state index is 0.679. The molecule has 0 unspecified atom stereocenters. The fourth-order valence-corrected chi connectivity index (χ4v) is 0.863. The van der Waals surface area contributed by atoms with E-state index in [-0.39, 0.29) is 0 Å². The van der Waals surface area contributed by atoms with E-state index in [2.05, 4.69) is 7.85 Å². The van der Waals surface area contributed by atoms with Crippen molar-refractivity contribution in [1.82, 2.24) is 0 Å². The molecule has 0 aliphatic heterocycles. The molecule has 62 valence electrons. The highest BCUT2D eigenvalue weighted by Gasteiger charge is 1.92. The van der Waals surface area contributed by atoms with Crippen LogP contribution in [0.15, 0.2) is 24.3 Å². The number of carbonyl (C=O) groups is 1. The fraction of sp³-hybridized carbons (Fsp3) is 0.222. The molecule has 1 aromatic rings. The number of hydrogen-bond donors (Lipinski definition) is 0. The van der Waals surface area contributed by atoms with E-state index in [1.54, 1.807) is 24.3 Å². The van der Waals surface area contributed by atoms with E-state index in [0.29, 0.717) is 5.56 Å². The molecule has 0 saturated heterocycles. The summed E-state index contributed by atoms with van der Waals surface area (Å²) in [6.07, 6.45) is 1.82. The van der Waals surface area contributed by atoms with Gasteiger partial charge in [-0.2, -0.15) is 0 Å². The lowest BCUT2D eigenvalue weighted by Crippen LogP contribution is -1.95. The second-order valence-corrected chi connectivity index (χ2v) is 2.54. The van der Waals surface area contributed by atoms with E-state index in [9.17, 15) is 4.79 Å². The highest BCUT2D eigenvalue weighted by Crippen LogP contribution is 2.10. The van der Waals surface area contributed by atoms with Gasteiger partial charge in [-0.15, -0.1) is 0 Å². The first kappa shape index (κ1) is 8.85. The zero-order valence-electron chi connectivity index (χ0n) is 7.12. The van der Waals surface area contributed by atoms with Gasteiger partial charge in [0.2, 0.25) is 0 Å². The lowest BCUT2D eigenvalue weighted by molar-refractivity contribution is 0.112. The lowest BCUT2D eigenvalue weighted by atomic mass is 10.1. The van der Waals surface area contributed by atoms with E-state index in [1.165, 1.54) is 0 Å². The number of aldehydes is 1. The van der Waals surface area contributed by atoms with Crippen LogP contribution >= 0.6 is 0 Å². The molecule has 0 heterocycles. The third kappa shape index (κ3) is 2.42. The van der Waals surface area contributed by atoms with Crippen molar-refractivity contribution < 1.29 is 9.53 Å². The average molecular weight is 162 g/mol. The second kappa shape index (κ2) is 4.60. The van der Waals surface area contributed by atoms with Crippen molar-refractivity contribution in [3.05, 3.63) is 29.8 Å². The third-order valence-corrected chi connectivity index (χ3v) is 1.49. The number of carbonyl (C=O) groups excluding carboxylic acids is 1. The SMILES string of the molecule is BCCOc1ccc(C=O)cc1. The Morgan fingerprint density at radius 3 is 2.50 bits per heavy atom. The first-order chi connectivity index (χ1) is 5.86. The predicted molar refractivity (Wildman–Crippen MR) is 50.7 cm³/mol. The summed E-state index contributed by atoms with van der Waals surface area (Å²) in [5.74, 6) is 0.822. The lowest BCUT2D eigenvalue weighted by Gasteiger charge is -2.02. The monoisotopic (exact) mass is 162 g/mol. The van der Waals surface area contributed by atoms with Gasteiger partial charge in [-0.3, -0.25) is 4.79 Å². The molecule has 1 aromatic carbocycles. The summed E-state index contributed by atoms with van der Waals surface area (Å²) < 4.78 is 5.34. The maximum atomic E-state index is 10.3. The Morgan fingerprint density at radius 2 is 2.00 bits per heavy atom. The number of hydrogen-bond acceptors (Lipinski definition) is 2. The zero-order chi connectivity index (χ0) is 8.81. The van der Waals surface area contributed by atoms with Crippen LogP contribution in [0.3, 0.4) is 0 Å². The van der Waals surface area contributed by atoms with Crippen LogP contribution in [0.2, 0.25) is 6.32 Å². The van der Waals surface area contributed by atoms with Crippen molar-refractivity contribution in [3.63, 3.8) is 0 Å². The number of rotatable bonds is 4. The van der Waals surface area contributed by atoms with Gasteiger partial charge in [0.15, 0.2) is 0 Å². The van der Waals surface area contributed by atoms with Gasteiger partial charge >= 0.3 is 0 Å². The van der Waals surface area contributed by atoms with Gasteiger partial charge < -0.3 is 4.74 Å². The van der Waals surface area contributed by atoms with Gasteiger partial charge in [-0.05, 0) is 30.6 Å². The van der Waals surface area contributed by atoms with Gasteiger partial charge in [0.25, 0.3) is 0 Å². The minimum Gasteiger partial charge on any atom is -0.494 e. The molecule has 3 heteroatoms. The van der Waals surface area contributed by atoms with Gasteiger partial charge in [0.05, 0.1) is 6.61 Å². The van der Waals surface area contributed by atoms with Crippen LogP contribution in [-0.4, -0.2) is 20.7 Å². The molecule has 0 atom stereocenters. The molecule has 0 bridgehead atoms. The summed E-state index contributed by atoms with van der Waals surface area (Å²) in [6, 6.07) is 7.11. The van der Waals surface area contributed by atoms with Crippen molar-refractivity contribution in [2.75, 3.05) is 6.61 Å². The number of ether oxygens (including phenoxy) is 1. The Morgan fingerprint density at radius 1 is 1.33 bits per heavy atom. The Hall–Kier alpha value is -1.25. The van der Waals surface area contributed by atoms with E-state index in [1.807, 2.05) is 0 Å². The normalized spacial score (nSPS) is 9.33. The van der Waals surface area contributed by atoms with Gasteiger partial charge in [-0.25, -0.2) is 0 Å². The van der Waals surface area contributed by atoms with Crippen molar-refractivity contribution in [1.29, 1.82) is 0 Å². The Kier molecular flexibility index (Phi) is 3.39. The molecule has 0 aliphatic rings. The molecule has 0 radical (unpaired) electrons. The second-order valence-electron chi connectivity index (χ2n) is 2.54. The molecule has 1 rings (SSSR count). The molecule has 0 fully saturated rings. The topological polar surface area (TPSA) is 26.3 Å². The summed E-state index contributed by atoms with van der Waals surface area (Å²) in [6.45, 7) is 0.723. The molecule has 0 spiro atoms. The van der Waals surface area contributed by atoms with Crippen molar-refractivity contribution in [3.8, 4) is 5.75 Å². The van der Waals surface area contributed by atoms with Crippen LogP contribution in [0.25, 0.3) is 0 Å². The molecule has 0 N–H and O–H groups in total. The van der Waals surface area contributed by atoms with Crippen LogP contribution in [0.5, 0.6) is 5.75 Å². The highest BCUT2D eigenvalue weighted by molar-refractivity contribution is 6.08. The Labute approximate surface area is 73.0 Å². The van der Waals surface area contributed by atoms with Gasteiger partial charge in [-0.1, -0.05) is 0 Å². The average Bonchev–Trinajstić information content (AvgIpc) is 2.15. The summed E-state index contributed by atoms with van der Waals surface area (Å²) in [5.41, 5.74) is 0.679. The fourth-order valence-electron chi connectivity index (χ4n) is 0.863. The van der Waals surface area contributed by atoms with E-state index >= 15 is 0 Å². The quantitative estimate of drug-likeness (QED) is 0.486. The van der Waals surface area contributed by atoms with E-state index < -0.39 is 0 Å². The maximum Gasteiger partial charge on any atom is 0.150 e. The molecule has 0 aliphatic carbocycles. The van der Waals surface area contributed by atoms with Crippen LogP contribution in [0.4, 0.5) is 0 Å². The summed E-state index contributed by atoms with van der Waals surface area (Å²) in [5, 5.41) is 0. The van der Waals surface area contributed by atoms with E-state index in [4.69, 9.17) is 4.74 Å². The minimum atomic E-state index is 0.679. The maximum absolute atomic E-state index is 10.3. The Bertz CT molecular complexity index is 243. The van der Waals surface area contributed by atoms with Crippen molar-refractivity contribution in [2.24, 2.45) is 0 Å². The summed E-state index contributed by atoms with van der Waals surface area (Å²) in [7, 11) is 2.06. The van der Waals surface area contributed by atoms with Crippen LogP contribution in [-0.2, 0) is 0 Å². The Balaban J connectivity index is 2.58. The van der Waals surface area contributed by atoms with Gasteiger partial charge in [0, 0.05) is 5.56 Å². The van der Waals surface area contributed by atoms with Crippen molar-refractivity contribution >= 4 is 14.1 Å². The molecular weight excluding hydrogens is 151 g/mol. The van der Waals surface area contributed by atoms with Gasteiger partial charge in [0.1, 0.15) is 19.9 Å². The first-order valence-corrected chi connectivity index (χ1v) is 4.05. The third-order valence-electron chi connectivity index (χ3n) is 1.49. The highest BCUT2D eigenvalue weighted by atomic mass is 16.5. The molecule has 2 nitrogen and oxygen atoms in total. The zero-order valence-corrected chi connectivity index (χ0v) is 7.12. The van der Waals surface area contributed by atoms with Crippen molar-refractivity contribution in [2.45, 2.75) is 6.32 Å². The standard InChI is InChI=1S/C9H11BO2/c10-5-6-12-9-3-1-8(7-11)2-4-9/h1-4,7H,5-6,10H2. The molecule has 0 amide bonds. The largest absolute Gasteiger partial charge is 0.494 e. The van der Waals surface area contributed by atoms with Crippen LogP contribution < -0.4 is 4.74 Å². The first-order valence-electron chi connectivity index (χ1n) is 4.05. The smallest absolute Gasteiger partial charge is 0.150 e. The summed E-state index contributed by atoms with van der Waals surface area (Å²) in [4.78, 5) is 10.3. The predicted octanol–water partition coefficient (Wildman–Crippen LogP) is 0.929. The van der Waals surface area contributed by atoms with E-state index in [0.717, 1.165) is 25.0 Å².